The summed E-state index contributed by atoms with van der Waals surface area (Å²) in [6, 6.07) is 3.05. The topological polar surface area (TPSA) is 339 Å². The number of hydrogen-bond donors (Lipinski definition) is 7. The molecule has 2 aromatic rings. The van der Waals surface area contributed by atoms with Gasteiger partial charge in [0.2, 0.25) is 6.29 Å². The summed E-state index contributed by atoms with van der Waals surface area (Å²) in [6.45, 7) is 13.7. The minimum absolute atomic E-state index is 0.00841. The van der Waals surface area contributed by atoms with Gasteiger partial charge in [0.15, 0.2) is 49.3 Å². The molecule has 1 aliphatic carbocycles. The summed E-state index contributed by atoms with van der Waals surface area (Å²) >= 11 is 0. The number of phenolic OH excluding ortho intramolecular Hbond substituents is 2. The Labute approximate surface area is 456 Å². The molecule has 23 atom stereocenters. The molecule has 0 radical (unpaired) electrons. The van der Waals surface area contributed by atoms with Crippen molar-refractivity contribution in [3.05, 3.63) is 28.8 Å². The number of fused-ring (bicyclic) bond motifs is 2. The van der Waals surface area contributed by atoms with Crippen LogP contribution in [-0.4, -0.2) is 208 Å². The molecule has 79 heavy (non-hydrogen) atoms. The van der Waals surface area contributed by atoms with Gasteiger partial charge >= 0.3 is 17.9 Å². The van der Waals surface area contributed by atoms with Crippen molar-refractivity contribution in [1.29, 1.82) is 0 Å². The van der Waals surface area contributed by atoms with E-state index in [9.17, 15) is 54.9 Å². The van der Waals surface area contributed by atoms with Gasteiger partial charge in [-0.15, -0.1) is 0 Å². The smallest absolute Gasteiger partial charge is 0.333 e. The molecule has 442 valence electrons. The van der Waals surface area contributed by atoms with E-state index in [2.05, 4.69) is 0 Å². The van der Waals surface area contributed by atoms with Crippen LogP contribution in [0.2, 0.25) is 0 Å². The molecule has 0 unspecified atom stereocenters. The predicted octanol–water partition coefficient (Wildman–Crippen LogP) is 2.32. The van der Waals surface area contributed by atoms with Crippen molar-refractivity contribution in [2.45, 2.75) is 236 Å². The summed E-state index contributed by atoms with van der Waals surface area (Å²) in [4.78, 5) is 51.6. The normalized spacial score (nSPS) is 40.3. The molecule has 7 N–H and O–H groups in total. The number of aromatic hydroxyl groups is 2. The van der Waals surface area contributed by atoms with Crippen molar-refractivity contribution < 1.29 is 121 Å². The lowest BCUT2D eigenvalue weighted by Gasteiger charge is -2.46. The second kappa shape index (κ2) is 24.6. The van der Waals surface area contributed by atoms with E-state index < -0.39 is 176 Å². The summed E-state index contributed by atoms with van der Waals surface area (Å²) in [5.74, 6) is -5.61. The highest BCUT2D eigenvalue weighted by Gasteiger charge is 2.52. The largest absolute Gasteiger partial charge is 0.507 e. The number of esters is 2. The third-order valence-corrected chi connectivity index (χ3v) is 15.9. The van der Waals surface area contributed by atoms with Gasteiger partial charge in [-0.25, -0.2) is 4.79 Å². The van der Waals surface area contributed by atoms with Gasteiger partial charge < -0.3 is 102 Å². The van der Waals surface area contributed by atoms with Gasteiger partial charge in [0.1, 0.15) is 53.4 Å². The van der Waals surface area contributed by atoms with Crippen LogP contribution in [0.4, 0.5) is 0 Å². The van der Waals surface area contributed by atoms with Gasteiger partial charge in [-0.2, -0.15) is 0 Å². The number of aliphatic carboxylic acids is 1. The molecule has 8 rings (SSSR count). The van der Waals surface area contributed by atoms with E-state index >= 15 is 0 Å². The predicted molar refractivity (Wildman–Crippen MR) is 267 cm³/mol. The molecule has 5 aliphatic heterocycles. The zero-order valence-corrected chi connectivity index (χ0v) is 46.1. The van der Waals surface area contributed by atoms with Crippen molar-refractivity contribution in [3.8, 4) is 17.2 Å². The highest BCUT2D eigenvalue weighted by atomic mass is 16.7. The number of Topliss-reactive ketones (excluding diaryl/α,β-unsaturated/α-hetero) is 1. The number of aliphatic hydroxyl groups is 4. The second-order valence-corrected chi connectivity index (χ2v) is 21.8. The molecule has 0 aromatic heterocycles. The Kier molecular flexibility index (Phi) is 18.9. The van der Waals surface area contributed by atoms with Crippen molar-refractivity contribution in [2.24, 2.45) is 5.92 Å². The molecule has 0 saturated carbocycles. The van der Waals surface area contributed by atoms with E-state index in [-0.39, 0.29) is 71.7 Å². The number of aliphatic hydroxyl groups excluding tert-OH is 3. The first kappa shape index (κ1) is 60.7. The van der Waals surface area contributed by atoms with Crippen molar-refractivity contribution in [1.82, 2.24) is 0 Å². The van der Waals surface area contributed by atoms with Crippen LogP contribution in [0.1, 0.15) is 109 Å². The molecule has 6 aliphatic rings. The van der Waals surface area contributed by atoms with Crippen LogP contribution >= 0.6 is 0 Å². The molecule has 25 heteroatoms. The second-order valence-electron chi connectivity index (χ2n) is 21.8. The number of phenols is 2. The quantitative estimate of drug-likeness (QED) is 0.119. The number of ketones is 1. The Bertz CT molecular complexity index is 2510. The Balaban J connectivity index is 1.00. The molecule has 0 amide bonds. The maximum atomic E-state index is 14.9. The van der Waals surface area contributed by atoms with Crippen LogP contribution in [0.15, 0.2) is 12.1 Å². The molecular weight excluding hydrogens is 1050 g/mol. The number of carbonyl (C=O) groups excluding carboxylic acids is 3. The average Bonchev–Trinajstić information content (AvgIpc) is 3.56. The Morgan fingerprint density at radius 2 is 1.22 bits per heavy atom. The highest BCUT2D eigenvalue weighted by molar-refractivity contribution is 6.11. The van der Waals surface area contributed by atoms with E-state index in [4.69, 9.17) is 66.3 Å². The van der Waals surface area contributed by atoms with Crippen molar-refractivity contribution in [3.63, 3.8) is 0 Å². The number of benzene rings is 2. The summed E-state index contributed by atoms with van der Waals surface area (Å²) < 4.78 is 83.6. The lowest BCUT2D eigenvalue weighted by atomic mass is 9.76. The van der Waals surface area contributed by atoms with Gasteiger partial charge in [-0.05, 0) is 78.0 Å². The molecule has 0 bridgehead atoms. The van der Waals surface area contributed by atoms with Crippen LogP contribution in [-0.2, 0) is 82.4 Å². The zero-order valence-electron chi connectivity index (χ0n) is 46.1. The maximum absolute atomic E-state index is 14.9. The number of methoxy groups -OCH3 is 2. The van der Waals surface area contributed by atoms with Crippen LogP contribution < -0.4 is 4.74 Å². The Morgan fingerprint density at radius 1 is 0.684 bits per heavy atom. The monoisotopic (exact) mass is 1120 g/mol. The molecule has 2 aromatic carbocycles. The fourth-order valence-electron chi connectivity index (χ4n) is 12.0. The first-order valence-corrected chi connectivity index (χ1v) is 26.7. The molecule has 25 nitrogen and oxygen atoms in total. The van der Waals surface area contributed by atoms with E-state index in [1.165, 1.54) is 54.0 Å². The van der Waals surface area contributed by atoms with Crippen molar-refractivity contribution >= 4 is 34.5 Å². The summed E-state index contributed by atoms with van der Waals surface area (Å²) in [6.07, 6.45) is -21.8. The number of hydrogen-bond acceptors (Lipinski definition) is 24. The van der Waals surface area contributed by atoms with Gasteiger partial charge in [-0.3, -0.25) is 14.4 Å². The average molecular weight is 1130 g/mol. The van der Waals surface area contributed by atoms with Gasteiger partial charge in [0, 0.05) is 71.7 Å². The number of ether oxygens (including phenoxy) is 14. The fraction of sp³-hybridized carbons (Fsp3) is 0.741. The lowest BCUT2D eigenvalue weighted by Crippen LogP contribution is -2.59. The number of carboxylic acid groups (broad SMARTS) is 1. The van der Waals surface area contributed by atoms with E-state index in [1.807, 2.05) is 0 Å². The molecular formula is C54H76O25. The van der Waals surface area contributed by atoms with E-state index in [0.717, 1.165) is 0 Å². The standard InChI is InChI=1S/C54H76O25/c1-20-32(75-38-18-35(49(24(5)71-38)73-26(7)55)78-36-15-31(57)48(66-10)23(4)70-36)14-29-12-28-13-30(51(67-11)53(63)64)50(47(62)42(28)46(61)41(29)43(20)58)79-39-17-33(44(59)22(3)69-39)76-37-16-34(45(60)21(2)68-37)77-40-19-54(9,65)52(25(6)72-40)74-27(8)56/h12,14,21-25,30-31,33-40,44-45,48-52,57-61,65H,13,15-19H2,1-11H3,(H,63,64)/t21-,22-,23-,24-,25+,30-,31-,33-,34-,35-,36-,37+,38+,39+,40+,44-,45-,48+,49+,50+,51+,52+,54+/m1/s1. The molecule has 0 spiro atoms. The zero-order chi connectivity index (χ0) is 57.7. The highest BCUT2D eigenvalue weighted by Crippen LogP contribution is 2.48. The van der Waals surface area contributed by atoms with Crippen LogP contribution in [0.25, 0.3) is 10.8 Å². The number of rotatable bonds is 16. The first-order valence-electron chi connectivity index (χ1n) is 26.7. The lowest BCUT2D eigenvalue weighted by molar-refractivity contribution is -0.334. The molecule has 5 heterocycles. The van der Waals surface area contributed by atoms with Crippen LogP contribution in [0.3, 0.4) is 0 Å². The van der Waals surface area contributed by atoms with Crippen LogP contribution in [0.5, 0.6) is 17.2 Å². The van der Waals surface area contributed by atoms with E-state index in [0.29, 0.717) is 0 Å². The molecule has 5 saturated heterocycles. The third-order valence-electron chi connectivity index (χ3n) is 15.9. The summed E-state index contributed by atoms with van der Waals surface area (Å²) in [5.41, 5.74) is -1.43. The SMILES string of the molecule is CO[C@@H]1[C@H](O)C[C@@H](O[C@@H]2C[C@H](Oc3cc4cc5c(c(O)c4c(O)c3C)C(=O)[C@@H](O[C@H]3C[C@@H](O[C@H]4C[C@@H](O[C@H]6C[C@](C)(O)[C@@H](OC(C)=O)[C@H](C)O6)[C@H](O)[C@@H](C)O4)[C@H](O)[C@@H](C)O3)[C@H]([C@H](OC)C(=O)O)C5)O[C@H](C)[C@@H]2OC(C)=O)O[C@@H]1C. The van der Waals surface area contributed by atoms with Gasteiger partial charge in [0.05, 0.1) is 59.8 Å². The number of carbonyl (C=O) groups is 4. The number of carboxylic acids is 1. The van der Waals surface area contributed by atoms with Crippen molar-refractivity contribution in [2.75, 3.05) is 14.2 Å². The minimum Gasteiger partial charge on any atom is -0.507 e. The molecule has 5 fully saturated rings. The van der Waals surface area contributed by atoms with Crippen LogP contribution in [0, 0.1) is 12.8 Å². The van der Waals surface area contributed by atoms with E-state index in [1.54, 1.807) is 34.6 Å². The summed E-state index contributed by atoms with van der Waals surface area (Å²) in [7, 11) is 2.64. The Hall–Kier alpha value is -4.42. The van der Waals surface area contributed by atoms with Gasteiger partial charge in [0.25, 0.3) is 0 Å². The fourth-order valence-corrected chi connectivity index (χ4v) is 12.0. The summed E-state index contributed by atoms with van der Waals surface area (Å²) in [5, 5.41) is 78.9. The third kappa shape index (κ3) is 13.0. The maximum Gasteiger partial charge on any atom is 0.333 e. The Morgan fingerprint density at radius 3 is 1.78 bits per heavy atom. The van der Waals surface area contributed by atoms with Gasteiger partial charge in [-0.1, -0.05) is 0 Å². The first-order chi connectivity index (χ1) is 37.2. The minimum atomic E-state index is -1.63.